The average molecular weight is 370 g/mol. The van der Waals surface area contributed by atoms with Gasteiger partial charge in [-0.2, -0.15) is 0 Å². The molecule has 0 saturated carbocycles. The van der Waals surface area contributed by atoms with Gasteiger partial charge in [0.15, 0.2) is 0 Å². The van der Waals surface area contributed by atoms with Gasteiger partial charge >= 0.3 is 12.3 Å². The number of rotatable bonds is 5. The van der Waals surface area contributed by atoms with Crippen molar-refractivity contribution in [3.05, 3.63) is 29.8 Å². The molecule has 1 atom stereocenters. The van der Waals surface area contributed by atoms with E-state index in [0.29, 0.717) is 0 Å². The Balaban J connectivity index is 2.57. The molecular formula is C12H11BrF3NO4. The van der Waals surface area contributed by atoms with E-state index in [9.17, 15) is 22.8 Å². The molecule has 0 radical (unpaired) electrons. The molecule has 0 aliphatic heterocycles. The Morgan fingerprint density at radius 3 is 2.33 bits per heavy atom. The van der Waals surface area contributed by atoms with E-state index in [1.807, 2.05) is 0 Å². The minimum Gasteiger partial charge on any atom is -0.468 e. The number of benzene rings is 1. The van der Waals surface area contributed by atoms with Gasteiger partial charge in [-0.05, 0) is 24.3 Å². The molecule has 0 aromatic heterocycles. The van der Waals surface area contributed by atoms with Crippen LogP contribution in [0.4, 0.5) is 13.2 Å². The van der Waals surface area contributed by atoms with E-state index in [1.54, 1.807) is 0 Å². The van der Waals surface area contributed by atoms with Crippen molar-refractivity contribution in [1.29, 1.82) is 0 Å². The maximum atomic E-state index is 12.0. The van der Waals surface area contributed by atoms with Gasteiger partial charge in [-0.1, -0.05) is 15.9 Å². The summed E-state index contributed by atoms with van der Waals surface area (Å²) in [6, 6.07) is 4.40. The molecule has 0 aliphatic carbocycles. The van der Waals surface area contributed by atoms with E-state index in [2.05, 4.69) is 30.7 Å². The Labute approximate surface area is 126 Å². The summed E-state index contributed by atoms with van der Waals surface area (Å²) in [5.41, 5.74) is 0.133. The van der Waals surface area contributed by atoms with Crippen molar-refractivity contribution in [3.8, 4) is 5.75 Å². The SMILES string of the molecule is COC(=O)C(Br)CNC(=O)c1ccc(OC(F)(F)F)cc1. The van der Waals surface area contributed by atoms with Crippen molar-refractivity contribution in [1.82, 2.24) is 5.32 Å². The highest BCUT2D eigenvalue weighted by Gasteiger charge is 2.31. The second-order valence-corrected chi connectivity index (χ2v) is 4.88. The third-order valence-electron chi connectivity index (χ3n) is 2.25. The highest BCUT2D eigenvalue weighted by atomic mass is 79.9. The fourth-order valence-corrected chi connectivity index (χ4v) is 1.65. The second-order valence-electron chi connectivity index (χ2n) is 3.77. The van der Waals surface area contributed by atoms with E-state index >= 15 is 0 Å². The lowest BCUT2D eigenvalue weighted by Crippen LogP contribution is -2.33. The summed E-state index contributed by atoms with van der Waals surface area (Å²) >= 11 is 3.01. The third kappa shape index (κ3) is 6.03. The van der Waals surface area contributed by atoms with Crippen molar-refractivity contribution in [2.75, 3.05) is 13.7 Å². The molecule has 5 nitrogen and oxygen atoms in total. The van der Waals surface area contributed by atoms with Gasteiger partial charge in [0.1, 0.15) is 10.6 Å². The maximum Gasteiger partial charge on any atom is 0.573 e. The monoisotopic (exact) mass is 369 g/mol. The van der Waals surface area contributed by atoms with E-state index in [-0.39, 0.29) is 12.1 Å². The van der Waals surface area contributed by atoms with Crippen LogP contribution < -0.4 is 10.1 Å². The predicted octanol–water partition coefficient (Wildman–Crippen LogP) is 2.25. The van der Waals surface area contributed by atoms with Crippen LogP contribution in [0.15, 0.2) is 24.3 Å². The number of carbonyl (C=O) groups excluding carboxylic acids is 2. The minimum absolute atomic E-state index is 0.0215. The molecule has 1 amide bonds. The summed E-state index contributed by atoms with van der Waals surface area (Å²) in [6.07, 6.45) is -4.78. The topological polar surface area (TPSA) is 64.6 Å². The Morgan fingerprint density at radius 1 is 1.29 bits per heavy atom. The molecule has 9 heteroatoms. The summed E-state index contributed by atoms with van der Waals surface area (Å²) in [6.45, 7) is -0.0215. The van der Waals surface area contributed by atoms with Crippen molar-refractivity contribution < 1.29 is 32.2 Å². The Hall–Kier alpha value is -1.77. The van der Waals surface area contributed by atoms with Gasteiger partial charge in [0, 0.05) is 12.1 Å². The van der Waals surface area contributed by atoms with Crippen LogP contribution in [0.5, 0.6) is 5.75 Å². The normalized spacial score (nSPS) is 12.4. The highest BCUT2D eigenvalue weighted by Crippen LogP contribution is 2.22. The van der Waals surface area contributed by atoms with Gasteiger partial charge in [0.25, 0.3) is 5.91 Å². The summed E-state index contributed by atoms with van der Waals surface area (Å²) in [5, 5.41) is 2.43. The van der Waals surface area contributed by atoms with Crippen LogP contribution in [0.2, 0.25) is 0 Å². The number of hydrogen-bond acceptors (Lipinski definition) is 4. The number of alkyl halides is 4. The van der Waals surface area contributed by atoms with Crippen molar-refractivity contribution in [2.24, 2.45) is 0 Å². The number of carbonyl (C=O) groups is 2. The Morgan fingerprint density at radius 2 is 1.86 bits per heavy atom. The van der Waals surface area contributed by atoms with Crippen LogP contribution in [0.3, 0.4) is 0 Å². The molecule has 0 bridgehead atoms. The molecule has 0 saturated heterocycles. The second kappa shape index (κ2) is 7.30. The number of ether oxygens (including phenoxy) is 2. The lowest BCUT2D eigenvalue weighted by molar-refractivity contribution is -0.274. The lowest BCUT2D eigenvalue weighted by Gasteiger charge is -2.11. The van der Waals surface area contributed by atoms with Gasteiger partial charge in [0.2, 0.25) is 0 Å². The number of hydrogen-bond donors (Lipinski definition) is 1. The first-order valence-corrected chi connectivity index (χ1v) is 6.50. The number of esters is 1. The van der Waals surface area contributed by atoms with Crippen molar-refractivity contribution >= 4 is 27.8 Å². The van der Waals surface area contributed by atoms with E-state index < -0.39 is 28.8 Å². The zero-order chi connectivity index (χ0) is 16.0. The Kier molecular flexibility index (Phi) is 6.01. The van der Waals surface area contributed by atoms with E-state index in [1.165, 1.54) is 19.2 Å². The Bertz CT molecular complexity index is 504. The van der Waals surface area contributed by atoms with Crippen LogP contribution in [0.25, 0.3) is 0 Å². The zero-order valence-electron chi connectivity index (χ0n) is 10.7. The minimum atomic E-state index is -4.78. The van der Waals surface area contributed by atoms with Gasteiger partial charge < -0.3 is 14.8 Å². The first-order chi connectivity index (χ1) is 9.73. The predicted molar refractivity (Wildman–Crippen MR) is 70.2 cm³/mol. The zero-order valence-corrected chi connectivity index (χ0v) is 12.3. The van der Waals surface area contributed by atoms with Crippen LogP contribution in [0, 0.1) is 0 Å². The summed E-state index contributed by atoms with van der Waals surface area (Å²) in [5.74, 6) is -1.52. The number of amides is 1. The molecule has 0 heterocycles. The highest BCUT2D eigenvalue weighted by molar-refractivity contribution is 9.10. The number of halogens is 4. The lowest BCUT2D eigenvalue weighted by atomic mass is 10.2. The largest absolute Gasteiger partial charge is 0.573 e. The summed E-state index contributed by atoms with van der Waals surface area (Å²) in [4.78, 5) is 22.1. The van der Waals surface area contributed by atoms with Gasteiger partial charge in [0.05, 0.1) is 7.11 Å². The number of methoxy groups -OCH3 is 1. The summed E-state index contributed by atoms with van der Waals surface area (Å²) < 4.78 is 44.0. The van der Waals surface area contributed by atoms with Crippen molar-refractivity contribution in [3.63, 3.8) is 0 Å². The van der Waals surface area contributed by atoms with Gasteiger partial charge in [-0.15, -0.1) is 13.2 Å². The third-order valence-corrected chi connectivity index (χ3v) is 2.95. The van der Waals surface area contributed by atoms with Crippen LogP contribution in [-0.2, 0) is 9.53 Å². The quantitative estimate of drug-likeness (QED) is 0.638. The fraction of sp³-hybridized carbons (Fsp3) is 0.333. The smallest absolute Gasteiger partial charge is 0.468 e. The molecule has 21 heavy (non-hydrogen) atoms. The molecule has 1 unspecified atom stereocenters. The first-order valence-electron chi connectivity index (χ1n) is 5.59. The standard InChI is InChI=1S/C12H11BrF3NO4/c1-20-11(19)9(13)6-17-10(18)7-2-4-8(5-3-7)21-12(14,15)16/h2-5,9H,6H2,1H3,(H,17,18). The van der Waals surface area contributed by atoms with Gasteiger partial charge in [-0.25, -0.2) is 0 Å². The van der Waals surface area contributed by atoms with Crippen LogP contribution in [-0.4, -0.2) is 36.7 Å². The van der Waals surface area contributed by atoms with Crippen LogP contribution >= 0.6 is 15.9 Å². The molecule has 0 spiro atoms. The maximum absolute atomic E-state index is 12.0. The molecule has 116 valence electrons. The molecule has 1 N–H and O–H groups in total. The van der Waals surface area contributed by atoms with Crippen molar-refractivity contribution in [2.45, 2.75) is 11.2 Å². The summed E-state index contributed by atoms with van der Waals surface area (Å²) in [7, 11) is 1.21. The molecule has 1 rings (SSSR count). The van der Waals surface area contributed by atoms with Crippen LogP contribution in [0.1, 0.15) is 10.4 Å². The average Bonchev–Trinajstić information content (AvgIpc) is 2.42. The van der Waals surface area contributed by atoms with E-state index in [4.69, 9.17) is 0 Å². The molecule has 1 aromatic carbocycles. The number of nitrogens with one attached hydrogen (secondary N) is 1. The molecule has 0 aliphatic rings. The molecule has 1 aromatic rings. The first kappa shape index (κ1) is 17.3. The molecular weight excluding hydrogens is 359 g/mol. The fourth-order valence-electron chi connectivity index (χ4n) is 1.30. The molecule has 0 fully saturated rings. The van der Waals surface area contributed by atoms with E-state index in [0.717, 1.165) is 12.1 Å². The van der Waals surface area contributed by atoms with Gasteiger partial charge in [-0.3, -0.25) is 9.59 Å².